The summed E-state index contributed by atoms with van der Waals surface area (Å²) in [6, 6.07) is 7.18. The first-order valence-electron chi connectivity index (χ1n) is 25.8. The normalized spacial score (nSPS) is 17.2. The van der Waals surface area contributed by atoms with Crippen LogP contribution >= 0.6 is 0 Å². The van der Waals surface area contributed by atoms with E-state index >= 15 is 0 Å². The summed E-state index contributed by atoms with van der Waals surface area (Å²) in [5, 5.41) is 42.9. The smallest absolute Gasteiger partial charge is 0.481 e. The molecule has 8 N–H and O–H groups in total. The van der Waals surface area contributed by atoms with Crippen LogP contribution in [-0.2, 0) is 84.5 Å². The number of aliphatic hydroxyl groups excluding tert-OH is 2. The molecule has 4 aromatic rings. The van der Waals surface area contributed by atoms with E-state index in [1.54, 1.807) is 39.0 Å². The van der Waals surface area contributed by atoms with Gasteiger partial charge >= 0.3 is 18.1 Å². The van der Waals surface area contributed by atoms with Gasteiger partial charge in [0.15, 0.2) is 11.5 Å². The number of fused-ring (bicyclic) bond motifs is 6. The second-order valence-electron chi connectivity index (χ2n) is 19.9. The lowest BCUT2D eigenvalue weighted by Gasteiger charge is -2.35. The number of aliphatic carboxylic acids is 1. The molecule has 4 aliphatic rings. The van der Waals surface area contributed by atoms with Crippen molar-refractivity contribution in [3.05, 3.63) is 92.8 Å². The summed E-state index contributed by atoms with van der Waals surface area (Å²) in [6.45, 7) is 5.42. The van der Waals surface area contributed by atoms with Gasteiger partial charge in [-0.05, 0) is 67.5 Å². The van der Waals surface area contributed by atoms with E-state index in [1.165, 1.54) is 35.8 Å². The third-order valence-corrected chi connectivity index (χ3v) is 13.8. The highest BCUT2D eigenvalue weighted by Crippen LogP contribution is 2.44. The second kappa shape index (κ2) is 24.5. The molecule has 0 radical (unpaired) electrons. The summed E-state index contributed by atoms with van der Waals surface area (Å²) in [5.41, 5.74) is 0.799. The molecule has 0 saturated heterocycles. The van der Waals surface area contributed by atoms with Gasteiger partial charge in [0.05, 0.1) is 41.7 Å². The number of imide groups is 1. The number of benzene rings is 2. The summed E-state index contributed by atoms with van der Waals surface area (Å²) in [6.07, 6.45) is -1.27. The van der Waals surface area contributed by atoms with E-state index in [4.69, 9.17) is 28.7 Å². The molecule has 6 heterocycles. The fourth-order valence-corrected chi connectivity index (χ4v) is 9.61. The Morgan fingerprint density at radius 2 is 1.56 bits per heavy atom. The van der Waals surface area contributed by atoms with Crippen molar-refractivity contribution in [3.63, 3.8) is 0 Å². The topological polar surface area (TPSA) is 359 Å². The summed E-state index contributed by atoms with van der Waals surface area (Å²) in [7, 11) is 0. The maximum Gasteiger partial charge on any atom is 0.510 e. The lowest BCUT2D eigenvalue weighted by Crippen LogP contribution is -2.55. The van der Waals surface area contributed by atoms with Gasteiger partial charge in [-0.15, -0.1) is 0 Å². The van der Waals surface area contributed by atoms with Crippen molar-refractivity contribution in [2.45, 2.75) is 116 Å². The van der Waals surface area contributed by atoms with E-state index in [0.29, 0.717) is 44.9 Å². The van der Waals surface area contributed by atoms with E-state index in [0.717, 1.165) is 22.6 Å². The van der Waals surface area contributed by atoms with Crippen LogP contribution in [-0.4, -0.2) is 134 Å². The Kier molecular flexibility index (Phi) is 17.6. The van der Waals surface area contributed by atoms with Crippen molar-refractivity contribution in [2.24, 2.45) is 5.92 Å². The fraction of sp³-hybridized carbons (Fsp3) is 0.426. The number of hydrogen-bond acceptors (Lipinski definition) is 19. The van der Waals surface area contributed by atoms with E-state index in [2.05, 4.69) is 26.6 Å². The Labute approximate surface area is 456 Å². The third-order valence-electron chi connectivity index (χ3n) is 13.8. The van der Waals surface area contributed by atoms with Crippen LogP contribution in [0.4, 0.5) is 10.5 Å². The number of aromatic nitrogens is 2. The van der Waals surface area contributed by atoms with Crippen molar-refractivity contribution < 1.29 is 82.2 Å². The molecule has 0 saturated carbocycles. The van der Waals surface area contributed by atoms with Crippen LogP contribution in [0, 0.1) is 5.92 Å². The van der Waals surface area contributed by atoms with Gasteiger partial charge in [-0.25, -0.2) is 14.6 Å². The quantitative estimate of drug-likeness (QED) is 0.0318. The molecular formula is C54H60N8O18. The summed E-state index contributed by atoms with van der Waals surface area (Å²) >= 11 is 0. The predicted octanol–water partition coefficient (Wildman–Crippen LogP) is 1.25. The number of anilines is 1. The van der Waals surface area contributed by atoms with Crippen LogP contribution in [0.25, 0.3) is 22.3 Å². The van der Waals surface area contributed by atoms with Gasteiger partial charge in [-0.3, -0.25) is 43.3 Å². The first kappa shape index (κ1) is 57.4. The van der Waals surface area contributed by atoms with Crippen LogP contribution < -0.4 is 41.6 Å². The lowest BCUT2D eigenvalue weighted by molar-refractivity contribution is -0.175. The van der Waals surface area contributed by atoms with Crippen molar-refractivity contribution in [1.29, 1.82) is 0 Å². The Bertz CT molecular complexity index is 3230. The number of carbonyl (C=O) groups is 9. The first-order valence-corrected chi connectivity index (χ1v) is 25.8. The van der Waals surface area contributed by atoms with E-state index in [1.807, 2.05) is 0 Å². The number of hydrogen-bond donors (Lipinski definition) is 8. The summed E-state index contributed by atoms with van der Waals surface area (Å²) < 4.78 is 29.5. The summed E-state index contributed by atoms with van der Waals surface area (Å²) in [5.74, 6) is -5.44. The number of carboxylic acids is 1. The SMILES string of the molecule is CC[C@@]1(OC(=O)OCc2ccc(NC(=O)[C@H](CCC(=O)O)NC(=O)[C@H](C)NC(=O)[C@@H](CC(C)C)NC(=O)CCN3C(=O)C=CC3=O)cc2)C(=O)OCc2c1cc1n(c2=O)Cc2c-1nc1cc3c(cc1c2CNC[C@@H](O)CO)OCO3. The number of amides is 6. The molecule has 5 atom stereocenters. The predicted molar refractivity (Wildman–Crippen MR) is 278 cm³/mol. The zero-order valence-electron chi connectivity index (χ0n) is 44.1. The highest BCUT2D eigenvalue weighted by molar-refractivity contribution is 6.13. The van der Waals surface area contributed by atoms with Crippen molar-refractivity contribution in [1.82, 2.24) is 35.7 Å². The molecule has 4 aliphatic heterocycles. The Morgan fingerprint density at radius 3 is 2.24 bits per heavy atom. The molecule has 0 bridgehead atoms. The number of ether oxygens (including phenoxy) is 5. The van der Waals surface area contributed by atoms with E-state index in [9.17, 15) is 63.3 Å². The molecular weight excluding hydrogens is 1050 g/mol. The monoisotopic (exact) mass is 1110 g/mol. The van der Waals surface area contributed by atoms with Gasteiger partial charge in [0.1, 0.15) is 31.3 Å². The Balaban J connectivity index is 0.906. The number of esters is 1. The number of cyclic esters (lactones) is 1. The number of carbonyl (C=O) groups excluding carboxylic acids is 8. The number of nitrogens with zero attached hydrogens (tertiary/aromatic N) is 3. The molecule has 0 aliphatic carbocycles. The summed E-state index contributed by atoms with van der Waals surface area (Å²) in [4.78, 5) is 136. The van der Waals surface area contributed by atoms with Gasteiger partial charge < -0.3 is 70.2 Å². The molecule has 8 rings (SSSR count). The first-order chi connectivity index (χ1) is 38.2. The highest BCUT2D eigenvalue weighted by atomic mass is 16.7. The maximum absolute atomic E-state index is 14.4. The van der Waals surface area contributed by atoms with Crippen LogP contribution in [0.15, 0.2) is 59.4 Å². The van der Waals surface area contributed by atoms with Crippen molar-refractivity contribution >= 4 is 70.1 Å². The molecule has 0 fully saturated rings. The van der Waals surface area contributed by atoms with Gasteiger partial charge in [-0.1, -0.05) is 32.9 Å². The molecule has 2 aromatic carbocycles. The Morgan fingerprint density at radius 1 is 0.850 bits per heavy atom. The molecule has 2 aromatic heterocycles. The molecule has 0 unspecified atom stereocenters. The highest BCUT2D eigenvalue weighted by Gasteiger charge is 2.51. The molecule has 0 spiro atoms. The van der Waals surface area contributed by atoms with Crippen molar-refractivity contribution in [2.75, 3.05) is 31.8 Å². The number of nitrogens with one attached hydrogen (secondary N) is 5. The van der Waals surface area contributed by atoms with Crippen LogP contribution in [0.3, 0.4) is 0 Å². The van der Waals surface area contributed by atoms with Crippen LogP contribution in [0.2, 0.25) is 0 Å². The van der Waals surface area contributed by atoms with Gasteiger partial charge in [0.2, 0.25) is 36.0 Å². The molecule has 26 nitrogen and oxygen atoms in total. The van der Waals surface area contributed by atoms with Gasteiger partial charge in [0.25, 0.3) is 17.4 Å². The minimum Gasteiger partial charge on any atom is -0.481 e. The molecule has 26 heteroatoms. The van der Waals surface area contributed by atoms with Gasteiger partial charge in [-0.2, -0.15) is 0 Å². The average molecular weight is 1110 g/mol. The van der Waals surface area contributed by atoms with E-state index < -0.39 is 115 Å². The zero-order valence-corrected chi connectivity index (χ0v) is 44.1. The largest absolute Gasteiger partial charge is 0.510 e. The number of aliphatic hydroxyl groups is 2. The van der Waals surface area contributed by atoms with Crippen molar-refractivity contribution in [3.8, 4) is 22.9 Å². The minimum absolute atomic E-state index is 0.0119. The second-order valence-corrected chi connectivity index (χ2v) is 19.9. The minimum atomic E-state index is -2.12. The zero-order chi connectivity index (χ0) is 57.6. The molecule has 6 amide bonds. The van der Waals surface area contributed by atoms with Crippen LogP contribution in [0.1, 0.15) is 87.6 Å². The third kappa shape index (κ3) is 12.6. The molecule has 424 valence electrons. The van der Waals surface area contributed by atoms with Crippen LogP contribution in [0.5, 0.6) is 11.5 Å². The maximum atomic E-state index is 14.4. The number of rotatable bonds is 24. The number of pyridine rings is 2. The average Bonchev–Trinajstić information content (AvgIpc) is 4.28. The van der Waals surface area contributed by atoms with Gasteiger partial charge in [0, 0.05) is 72.9 Å². The fourth-order valence-electron chi connectivity index (χ4n) is 9.61. The standard InChI is InChI=1S/C54H60N8O18/c1-5-54(36-18-40-47-34(22-62(40)51(73)35(36)25-76-52(54)74)33(21-55-20-31(64)23-63)32-17-41-42(79-26-78-41)19-38(32)59-47)80-53(75)77-24-29-6-8-30(9-7-29)57-49(71)37(10-13-46(68)69)60-48(70)28(4)56-50(72)39(16-27(2)3)58-43(65)14-15-61-44(66)11-12-45(61)67/h6-9,11-12,17-19,27-28,31,37,39,55,63-64H,5,10,13-16,20-26H2,1-4H3,(H,56,72)(H,57,71)(H,58,65)(H,60,70)(H,68,69)/t28-,31+,37-,39+,54-/m0/s1. The molecule has 80 heavy (non-hydrogen) atoms. The Hall–Kier alpha value is -8.75. The number of carboxylic acid groups (broad SMARTS) is 1. The lowest BCUT2D eigenvalue weighted by atomic mass is 9.85. The van der Waals surface area contributed by atoms with E-state index in [-0.39, 0.29) is 81.4 Å².